The van der Waals surface area contributed by atoms with Gasteiger partial charge in [0, 0.05) is 11.4 Å². The molecule has 1 aromatic heterocycles. The van der Waals surface area contributed by atoms with Crippen LogP contribution in [0.5, 0.6) is 5.75 Å². The highest BCUT2D eigenvalue weighted by Crippen LogP contribution is 2.33. The summed E-state index contributed by atoms with van der Waals surface area (Å²) in [6, 6.07) is 28.4. The number of methoxy groups -OCH3 is 1. The molecule has 0 aliphatic rings. The molecule has 134 valence electrons. The van der Waals surface area contributed by atoms with Crippen molar-refractivity contribution in [2.24, 2.45) is 0 Å². The molecule has 0 atom stereocenters. The molecule has 0 amide bonds. The number of ether oxygens (including phenoxy) is 1. The van der Waals surface area contributed by atoms with Gasteiger partial charge in [-0.2, -0.15) is 0 Å². The zero-order valence-electron chi connectivity index (χ0n) is 14.9. The van der Waals surface area contributed by atoms with Crippen molar-refractivity contribution in [1.29, 1.82) is 0 Å². The number of rotatable bonds is 6. The molecule has 0 saturated carbocycles. The summed E-state index contributed by atoms with van der Waals surface area (Å²) in [5.41, 5.74) is 3.20. The smallest absolute Gasteiger partial charge is 0.196 e. The maximum atomic E-state index is 5.54. The molecular formula is C22H19N3OS. The molecule has 0 unspecified atom stereocenters. The molecule has 0 saturated heterocycles. The first-order valence-electron chi connectivity index (χ1n) is 8.68. The molecule has 3 aromatic carbocycles. The number of para-hydroxylation sites is 2. The quantitative estimate of drug-likeness (QED) is 0.434. The Hall–Kier alpha value is -3.05. The summed E-state index contributed by atoms with van der Waals surface area (Å²) < 4.78 is 7.63. The lowest BCUT2D eigenvalue weighted by atomic mass is 10.2. The van der Waals surface area contributed by atoms with Gasteiger partial charge in [-0.15, -0.1) is 10.2 Å². The zero-order valence-corrected chi connectivity index (χ0v) is 15.8. The van der Waals surface area contributed by atoms with Gasteiger partial charge in [0.15, 0.2) is 11.0 Å². The first kappa shape index (κ1) is 17.4. The van der Waals surface area contributed by atoms with Crippen molar-refractivity contribution in [3.63, 3.8) is 0 Å². The van der Waals surface area contributed by atoms with Crippen molar-refractivity contribution < 1.29 is 4.74 Å². The third-order valence-electron chi connectivity index (χ3n) is 4.21. The summed E-state index contributed by atoms with van der Waals surface area (Å²) in [6.07, 6.45) is 0. The van der Waals surface area contributed by atoms with Crippen LogP contribution < -0.4 is 4.74 Å². The second-order valence-corrected chi connectivity index (χ2v) is 6.89. The molecule has 1 heterocycles. The van der Waals surface area contributed by atoms with Gasteiger partial charge in [-0.1, -0.05) is 72.4 Å². The largest absolute Gasteiger partial charge is 0.496 e. The minimum absolute atomic E-state index is 0.772. The molecule has 4 nitrogen and oxygen atoms in total. The van der Waals surface area contributed by atoms with Crippen molar-refractivity contribution in [3.05, 3.63) is 90.5 Å². The van der Waals surface area contributed by atoms with Crippen LogP contribution in [-0.4, -0.2) is 21.9 Å². The average molecular weight is 373 g/mol. The van der Waals surface area contributed by atoms with Crippen molar-refractivity contribution in [2.45, 2.75) is 10.9 Å². The van der Waals surface area contributed by atoms with Crippen LogP contribution in [0.2, 0.25) is 0 Å². The number of hydrogen-bond acceptors (Lipinski definition) is 4. The van der Waals surface area contributed by atoms with E-state index in [0.717, 1.165) is 33.7 Å². The van der Waals surface area contributed by atoms with Gasteiger partial charge in [-0.05, 0) is 29.8 Å². The van der Waals surface area contributed by atoms with E-state index in [1.807, 2.05) is 48.5 Å². The van der Waals surface area contributed by atoms with Gasteiger partial charge in [0.2, 0.25) is 0 Å². The van der Waals surface area contributed by atoms with E-state index in [1.54, 1.807) is 18.9 Å². The first-order chi connectivity index (χ1) is 13.4. The minimum atomic E-state index is 0.772. The van der Waals surface area contributed by atoms with Crippen LogP contribution >= 0.6 is 11.8 Å². The van der Waals surface area contributed by atoms with Crippen LogP contribution in [0.25, 0.3) is 17.1 Å². The van der Waals surface area contributed by atoms with Crippen LogP contribution in [0.3, 0.4) is 0 Å². The molecule has 0 aliphatic carbocycles. The molecule has 0 fully saturated rings. The van der Waals surface area contributed by atoms with Gasteiger partial charge in [0.05, 0.1) is 12.7 Å². The van der Waals surface area contributed by atoms with Gasteiger partial charge in [-0.3, -0.25) is 4.57 Å². The Morgan fingerprint density at radius 2 is 1.48 bits per heavy atom. The predicted octanol–water partition coefficient (Wildman–Crippen LogP) is 5.24. The van der Waals surface area contributed by atoms with E-state index in [4.69, 9.17) is 4.74 Å². The van der Waals surface area contributed by atoms with Gasteiger partial charge in [0.1, 0.15) is 5.75 Å². The van der Waals surface area contributed by atoms with Crippen molar-refractivity contribution >= 4 is 11.8 Å². The first-order valence-corrected chi connectivity index (χ1v) is 9.66. The van der Waals surface area contributed by atoms with Crippen LogP contribution in [0.1, 0.15) is 5.56 Å². The van der Waals surface area contributed by atoms with Gasteiger partial charge in [0.25, 0.3) is 0 Å². The Bertz CT molecular complexity index is 1020. The molecule has 0 spiro atoms. The Labute approximate surface area is 162 Å². The van der Waals surface area contributed by atoms with Crippen LogP contribution in [-0.2, 0) is 5.75 Å². The van der Waals surface area contributed by atoms with E-state index in [1.165, 1.54) is 5.56 Å². The lowest BCUT2D eigenvalue weighted by molar-refractivity contribution is 0.416. The molecule has 27 heavy (non-hydrogen) atoms. The van der Waals surface area contributed by atoms with E-state index in [-0.39, 0.29) is 0 Å². The number of nitrogens with zero attached hydrogens (tertiary/aromatic N) is 3. The highest BCUT2D eigenvalue weighted by atomic mass is 32.2. The summed E-state index contributed by atoms with van der Waals surface area (Å²) in [6.45, 7) is 0. The molecular weight excluding hydrogens is 354 g/mol. The van der Waals surface area contributed by atoms with Crippen LogP contribution in [0.4, 0.5) is 0 Å². The van der Waals surface area contributed by atoms with E-state index < -0.39 is 0 Å². The van der Waals surface area contributed by atoms with Crippen molar-refractivity contribution in [1.82, 2.24) is 14.8 Å². The maximum Gasteiger partial charge on any atom is 0.196 e. The van der Waals surface area contributed by atoms with E-state index in [9.17, 15) is 0 Å². The normalized spacial score (nSPS) is 10.7. The molecule has 0 aliphatic heterocycles. The SMILES string of the molecule is COc1ccccc1-c1nnc(SCc2ccccc2)n1-c1ccccc1. The fraction of sp³-hybridized carbons (Fsp3) is 0.0909. The highest BCUT2D eigenvalue weighted by Gasteiger charge is 2.18. The van der Waals surface area contributed by atoms with E-state index >= 15 is 0 Å². The average Bonchev–Trinajstić information content (AvgIpc) is 3.17. The van der Waals surface area contributed by atoms with E-state index in [2.05, 4.69) is 51.2 Å². The summed E-state index contributed by atoms with van der Waals surface area (Å²) in [5, 5.41) is 9.83. The standard InChI is InChI=1S/C22H19N3OS/c1-26-20-15-9-8-14-19(20)21-23-24-22(25(21)18-12-6-3-7-13-18)27-16-17-10-4-2-5-11-17/h2-15H,16H2,1H3. The highest BCUT2D eigenvalue weighted by molar-refractivity contribution is 7.98. The second-order valence-electron chi connectivity index (χ2n) is 5.95. The Kier molecular flexibility index (Phi) is 5.21. The predicted molar refractivity (Wildman–Crippen MR) is 109 cm³/mol. The lowest BCUT2D eigenvalue weighted by Gasteiger charge is -2.12. The Morgan fingerprint density at radius 3 is 2.22 bits per heavy atom. The number of hydrogen-bond donors (Lipinski definition) is 0. The Balaban J connectivity index is 1.77. The molecule has 5 heteroatoms. The second kappa shape index (κ2) is 8.10. The monoisotopic (exact) mass is 373 g/mol. The molecule has 4 rings (SSSR count). The number of aromatic nitrogens is 3. The zero-order chi connectivity index (χ0) is 18.5. The van der Waals surface area contributed by atoms with Gasteiger partial charge < -0.3 is 4.74 Å². The fourth-order valence-corrected chi connectivity index (χ4v) is 3.81. The minimum Gasteiger partial charge on any atom is -0.496 e. The third kappa shape index (κ3) is 3.73. The van der Waals surface area contributed by atoms with Crippen molar-refractivity contribution in [3.8, 4) is 22.8 Å². The lowest BCUT2D eigenvalue weighted by Crippen LogP contribution is -2.00. The maximum absolute atomic E-state index is 5.54. The Morgan fingerprint density at radius 1 is 0.815 bits per heavy atom. The van der Waals surface area contributed by atoms with Crippen LogP contribution in [0.15, 0.2) is 90.1 Å². The van der Waals surface area contributed by atoms with Crippen molar-refractivity contribution in [2.75, 3.05) is 7.11 Å². The summed E-state index contributed by atoms with van der Waals surface area (Å²) >= 11 is 1.67. The summed E-state index contributed by atoms with van der Waals surface area (Å²) in [5.74, 6) is 2.38. The van der Waals surface area contributed by atoms with Gasteiger partial charge >= 0.3 is 0 Å². The summed E-state index contributed by atoms with van der Waals surface area (Å²) in [4.78, 5) is 0. The molecule has 0 bridgehead atoms. The third-order valence-corrected chi connectivity index (χ3v) is 5.21. The number of benzene rings is 3. The van der Waals surface area contributed by atoms with Gasteiger partial charge in [-0.25, -0.2) is 0 Å². The van der Waals surface area contributed by atoms with Crippen LogP contribution in [0, 0.1) is 0 Å². The topological polar surface area (TPSA) is 39.9 Å². The number of thioether (sulfide) groups is 1. The summed E-state index contributed by atoms with van der Waals surface area (Å²) in [7, 11) is 1.67. The molecule has 0 radical (unpaired) electrons. The van der Waals surface area contributed by atoms with E-state index in [0.29, 0.717) is 0 Å². The molecule has 4 aromatic rings. The fourth-order valence-electron chi connectivity index (χ4n) is 2.90. The molecule has 0 N–H and O–H groups in total.